The van der Waals surface area contributed by atoms with Crippen LogP contribution < -0.4 is 5.32 Å². The molecule has 8 heteroatoms. The first-order valence-corrected chi connectivity index (χ1v) is 13.3. The second-order valence-corrected chi connectivity index (χ2v) is 9.84. The van der Waals surface area contributed by atoms with Crippen LogP contribution in [-0.4, -0.2) is 53.2 Å². The zero-order valence-corrected chi connectivity index (χ0v) is 22.2. The van der Waals surface area contributed by atoms with E-state index in [1.165, 1.54) is 0 Å². The Balaban J connectivity index is 1.64. The molecule has 0 unspecified atom stereocenters. The van der Waals surface area contributed by atoms with Gasteiger partial charge in [-0.2, -0.15) is 0 Å². The second kappa shape index (κ2) is 15.4. The molecular weight excluding hydrogens is 484 g/mol. The van der Waals surface area contributed by atoms with Gasteiger partial charge in [0.1, 0.15) is 0 Å². The van der Waals surface area contributed by atoms with Crippen molar-refractivity contribution in [1.82, 2.24) is 4.90 Å². The largest absolute Gasteiger partial charge is 0.481 e. The number of hydrogen-bond donors (Lipinski definition) is 3. The lowest BCUT2D eigenvalue weighted by Crippen LogP contribution is -2.37. The van der Waals surface area contributed by atoms with Crippen molar-refractivity contribution < 1.29 is 29.3 Å². The van der Waals surface area contributed by atoms with E-state index >= 15 is 0 Å². The van der Waals surface area contributed by atoms with Gasteiger partial charge in [0.15, 0.2) is 6.29 Å². The number of rotatable bonds is 15. The zero-order chi connectivity index (χ0) is 27.3. The first-order valence-electron chi connectivity index (χ1n) is 13.3. The van der Waals surface area contributed by atoms with E-state index < -0.39 is 12.3 Å². The van der Waals surface area contributed by atoms with Crippen LogP contribution in [0.4, 0.5) is 5.69 Å². The monoisotopic (exact) mass is 524 g/mol. The van der Waals surface area contributed by atoms with E-state index in [9.17, 15) is 14.7 Å². The van der Waals surface area contributed by atoms with Crippen molar-refractivity contribution in [3.63, 3.8) is 0 Å². The Kier molecular flexibility index (Phi) is 12.0. The highest BCUT2D eigenvalue weighted by Gasteiger charge is 2.32. The third kappa shape index (κ3) is 9.68. The van der Waals surface area contributed by atoms with Crippen molar-refractivity contribution in [2.75, 3.05) is 25.5 Å². The number of carboxylic acids is 1. The second-order valence-electron chi connectivity index (χ2n) is 9.84. The van der Waals surface area contributed by atoms with Crippen LogP contribution in [0.2, 0.25) is 0 Å². The highest BCUT2D eigenvalue weighted by atomic mass is 16.7. The first kappa shape index (κ1) is 29.5. The highest BCUT2D eigenvalue weighted by molar-refractivity contribution is 5.90. The smallest absolute Gasteiger partial charge is 0.303 e. The number of aliphatic hydroxyl groups is 1. The van der Waals surface area contributed by atoms with E-state index in [0.717, 1.165) is 49.0 Å². The fourth-order valence-corrected chi connectivity index (χ4v) is 4.58. The van der Waals surface area contributed by atoms with Crippen molar-refractivity contribution >= 4 is 17.6 Å². The Morgan fingerprint density at radius 1 is 1.05 bits per heavy atom. The van der Waals surface area contributed by atoms with Gasteiger partial charge < -0.3 is 29.9 Å². The summed E-state index contributed by atoms with van der Waals surface area (Å²) in [5.41, 5.74) is 3.38. The fourth-order valence-electron chi connectivity index (χ4n) is 4.58. The number of carbonyl (C=O) groups is 2. The summed E-state index contributed by atoms with van der Waals surface area (Å²) in [6, 6.07) is 15.3. The van der Waals surface area contributed by atoms with E-state index in [1.54, 1.807) is 0 Å². The molecule has 38 heavy (non-hydrogen) atoms. The van der Waals surface area contributed by atoms with Crippen molar-refractivity contribution in [3.05, 3.63) is 77.9 Å². The number of benzene rings is 2. The molecule has 0 aliphatic carbocycles. The van der Waals surface area contributed by atoms with Gasteiger partial charge in [-0.1, -0.05) is 55.3 Å². The van der Waals surface area contributed by atoms with Gasteiger partial charge in [-0.05, 0) is 43.1 Å². The summed E-state index contributed by atoms with van der Waals surface area (Å²) < 4.78 is 12.8. The molecule has 2 aromatic rings. The number of aliphatic hydroxyl groups excluding tert-OH is 1. The van der Waals surface area contributed by atoms with Gasteiger partial charge in [0.25, 0.3) is 0 Å². The number of aliphatic carboxylic acids is 1. The maximum absolute atomic E-state index is 12.5. The van der Waals surface area contributed by atoms with E-state index in [4.69, 9.17) is 14.6 Å². The van der Waals surface area contributed by atoms with E-state index in [-0.39, 0.29) is 31.1 Å². The first-order chi connectivity index (χ1) is 18.4. The minimum atomic E-state index is -0.783. The average molecular weight is 525 g/mol. The summed E-state index contributed by atoms with van der Waals surface area (Å²) in [4.78, 5) is 25.2. The molecule has 0 radical (unpaired) electrons. The summed E-state index contributed by atoms with van der Waals surface area (Å²) in [6.07, 6.45) is 5.26. The molecule has 0 aromatic heterocycles. The number of anilines is 1. The SMILES string of the molecule is C=CCN(C)C[C@@H]1C[C@H](c2ccc(CO)cc2)O[C@H](c2cccc(NC(=O)CCCCCCC(=O)O)c2)O1. The quantitative estimate of drug-likeness (QED) is 0.217. The van der Waals surface area contributed by atoms with Crippen LogP contribution >= 0.6 is 0 Å². The average Bonchev–Trinajstić information content (AvgIpc) is 2.90. The van der Waals surface area contributed by atoms with Gasteiger partial charge in [0.05, 0.1) is 18.8 Å². The standard InChI is InChI=1S/C30H40N2O6/c1-3-17-32(2)20-26-19-27(23-15-13-22(21-33)14-16-23)38-30(37-26)24-9-8-10-25(18-24)31-28(34)11-6-4-5-7-12-29(35)36/h3,8-10,13-16,18,26-27,30,33H,1,4-7,11-12,17,19-21H2,2H3,(H,31,34)(H,35,36)/t26-,27+,30+/m0/s1. The van der Waals surface area contributed by atoms with Crippen LogP contribution in [0.15, 0.2) is 61.2 Å². The number of ether oxygens (including phenoxy) is 2. The van der Waals surface area contributed by atoms with Gasteiger partial charge >= 0.3 is 5.97 Å². The predicted molar refractivity (Wildman–Crippen MR) is 147 cm³/mol. The maximum Gasteiger partial charge on any atom is 0.303 e. The summed E-state index contributed by atoms with van der Waals surface area (Å²) in [7, 11) is 2.03. The summed E-state index contributed by atoms with van der Waals surface area (Å²) in [5, 5.41) is 21.1. The summed E-state index contributed by atoms with van der Waals surface area (Å²) in [5.74, 6) is -0.855. The molecule has 8 nitrogen and oxygen atoms in total. The molecule has 1 aliphatic heterocycles. The molecule has 3 atom stereocenters. The molecular formula is C30H40N2O6. The molecule has 3 rings (SSSR count). The van der Waals surface area contributed by atoms with Gasteiger partial charge in [-0.3, -0.25) is 9.59 Å². The number of likely N-dealkylation sites (N-methyl/N-ethyl adjacent to an activating group) is 1. The Morgan fingerprint density at radius 3 is 2.47 bits per heavy atom. The number of hydrogen-bond acceptors (Lipinski definition) is 6. The number of nitrogens with one attached hydrogen (secondary N) is 1. The third-order valence-electron chi connectivity index (χ3n) is 6.56. The topological polar surface area (TPSA) is 108 Å². The predicted octanol–water partition coefficient (Wildman–Crippen LogP) is 5.21. The minimum absolute atomic E-state index is 0.00422. The van der Waals surface area contributed by atoms with Crippen LogP contribution in [0, 0.1) is 0 Å². The van der Waals surface area contributed by atoms with Crippen LogP contribution in [-0.2, 0) is 25.7 Å². The maximum atomic E-state index is 12.5. The number of amides is 1. The van der Waals surface area contributed by atoms with Crippen LogP contribution in [0.25, 0.3) is 0 Å². The number of carboxylic acid groups (broad SMARTS) is 1. The van der Waals surface area contributed by atoms with Crippen LogP contribution in [0.1, 0.15) is 74.0 Å². The fraction of sp³-hybridized carbons (Fsp3) is 0.467. The van der Waals surface area contributed by atoms with E-state index in [0.29, 0.717) is 24.9 Å². The molecule has 1 aliphatic rings. The third-order valence-corrected chi connectivity index (χ3v) is 6.56. The molecule has 2 aromatic carbocycles. The lowest BCUT2D eigenvalue weighted by Gasteiger charge is -2.37. The molecule has 1 fully saturated rings. The Labute approximate surface area is 225 Å². The van der Waals surface area contributed by atoms with Gasteiger partial charge in [0.2, 0.25) is 5.91 Å². The van der Waals surface area contributed by atoms with Gasteiger partial charge in [-0.25, -0.2) is 0 Å². The Hall–Kier alpha value is -3.04. The molecule has 0 spiro atoms. The highest BCUT2D eigenvalue weighted by Crippen LogP contribution is 2.38. The summed E-state index contributed by atoms with van der Waals surface area (Å²) in [6.45, 7) is 5.29. The molecule has 0 bridgehead atoms. The van der Waals surface area contributed by atoms with Crippen LogP contribution in [0.3, 0.4) is 0 Å². The molecule has 0 saturated carbocycles. The summed E-state index contributed by atoms with van der Waals surface area (Å²) >= 11 is 0. The van der Waals surface area contributed by atoms with Crippen molar-refractivity contribution in [2.24, 2.45) is 0 Å². The zero-order valence-electron chi connectivity index (χ0n) is 22.2. The van der Waals surface area contributed by atoms with E-state index in [1.807, 2.05) is 61.7 Å². The Bertz CT molecular complexity index is 1040. The molecule has 1 amide bonds. The van der Waals surface area contributed by atoms with Crippen LogP contribution in [0.5, 0.6) is 0 Å². The number of nitrogens with zero attached hydrogens (tertiary/aromatic N) is 1. The van der Waals surface area contributed by atoms with Crippen molar-refractivity contribution in [3.8, 4) is 0 Å². The van der Waals surface area contributed by atoms with Crippen molar-refractivity contribution in [1.29, 1.82) is 0 Å². The number of unbranched alkanes of at least 4 members (excludes halogenated alkanes) is 3. The lowest BCUT2D eigenvalue weighted by atomic mass is 9.99. The number of carbonyl (C=O) groups excluding carboxylic acids is 1. The minimum Gasteiger partial charge on any atom is -0.481 e. The van der Waals surface area contributed by atoms with Crippen molar-refractivity contribution in [2.45, 2.75) is 70.1 Å². The molecule has 206 valence electrons. The normalized spacial score (nSPS) is 19.3. The molecule has 1 heterocycles. The lowest BCUT2D eigenvalue weighted by molar-refractivity contribution is -0.252. The van der Waals surface area contributed by atoms with E-state index in [2.05, 4.69) is 16.8 Å². The van der Waals surface area contributed by atoms with Gasteiger partial charge in [0, 0.05) is 43.6 Å². The molecule has 1 saturated heterocycles. The van der Waals surface area contributed by atoms with Gasteiger partial charge in [-0.15, -0.1) is 6.58 Å². The molecule has 3 N–H and O–H groups in total. The Morgan fingerprint density at radius 2 is 1.79 bits per heavy atom.